The lowest BCUT2D eigenvalue weighted by molar-refractivity contribution is 0.626. The Hall–Kier alpha value is -2.95. The summed E-state index contributed by atoms with van der Waals surface area (Å²) in [5.74, 6) is -0.327. The highest BCUT2D eigenvalue weighted by Gasteiger charge is 2.13. The maximum atomic E-state index is 13.2. The zero-order valence-corrected chi connectivity index (χ0v) is 15.5. The van der Waals surface area contributed by atoms with Crippen LogP contribution in [-0.4, -0.2) is 22.5 Å². The molecule has 0 atom stereocenters. The van der Waals surface area contributed by atoms with Crippen molar-refractivity contribution >= 4 is 6.21 Å². The van der Waals surface area contributed by atoms with Gasteiger partial charge in [0.05, 0.1) is 11.3 Å². The minimum Gasteiger partial charge on any atom is -0.294 e. The lowest BCUT2D eigenvalue weighted by Gasteiger charge is -2.01. The first kappa shape index (κ1) is 18.8. The summed E-state index contributed by atoms with van der Waals surface area (Å²) in [6, 6.07) is 16.2. The number of aromatic nitrogens is 2. The molecule has 0 radical (unpaired) electrons. The van der Waals surface area contributed by atoms with E-state index in [-0.39, 0.29) is 11.4 Å². The van der Waals surface area contributed by atoms with E-state index in [1.165, 1.54) is 22.4 Å². The number of hydrogen-bond donors (Lipinski definition) is 1. The number of H-pyrrole nitrogens is 1. The highest BCUT2D eigenvalue weighted by molar-refractivity contribution is 5.80. The number of nitrogens with one attached hydrogen (secondary N) is 1. The zero-order chi connectivity index (χ0) is 19.1. The van der Waals surface area contributed by atoms with Crippen LogP contribution in [0.2, 0.25) is 0 Å². The first-order valence-corrected chi connectivity index (χ1v) is 9.32. The minimum absolute atomic E-state index is 0.156. The quantitative estimate of drug-likeness (QED) is 0.469. The van der Waals surface area contributed by atoms with E-state index < -0.39 is 0 Å². The average molecular weight is 365 g/mol. The van der Waals surface area contributed by atoms with Crippen LogP contribution in [-0.2, 0) is 12.8 Å². The fourth-order valence-corrected chi connectivity index (χ4v) is 3.02. The van der Waals surface area contributed by atoms with Crippen LogP contribution in [0.1, 0.15) is 36.6 Å². The molecule has 1 N–H and O–H groups in total. The van der Waals surface area contributed by atoms with Gasteiger partial charge in [0.2, 0.25) is 0 Å². The molecule has 3 aromatic rings. The van der Waals surface area contributed by atoms with Crippen LogP contribution in [0.4, 0.5) is 4.39 Å². The standard InChI is InChI=1S/C22H24FN3O/c1-2-7-21-20(16-24-15-6-10-17-8-4-3-5-9-17)22(27)26(25-21)19-13-11-18(23)12-14-19/h3-5,8-9,11-14,16,25H,2,6-7,10,15H2,1H3. The molecule has 0 aliphatic carbocycles. The largest absolute Gasteiger partial charge is 0.294 e. The summed E-state index contributed by atoms with van der Waals surface area (Å²) in [7, 11) is 0. The third-order valence-corrected chi connectivity index (χ3v) is 4.41. The van der Waals surface area contributed by atoms with Crippen molar-refractivity contribution in [1.82, 2.24) is 9.78 Å². The third-order valence-electron chi connectivity index (χ3n) is 4.41. The van der Waals surface area contributed by atoms with E-state index in [2.05, 4.69) is 29.1 Å². The summed E-state index contributed by atoms with van der Waals surface area (Å²) < 4.78 is 14.6. The molecule has 5 heteroatoms. The van der Waals surface area contributed by atoms with E-state index in [0.29, 0.717) is 17.8 Å². The first-order chi connectivity index (χ1) is 13.2. The molecule has 0 spiro atoms. The van der Waals surface area contributed by atoms with E-state index in [0.717, 1.165) is 31.4 Å². The van der Waals surface area contributed by atoms with Gasteiger partial charge in [0.15, 0.2) is 0 Å². The van der Waals surface area contributed by atoms with Crippen LogP contribution in [0.5, 0.6) is 0 Å². The van der Waals surface area contributed by atoms with E-state index in [1.807, 2.05) is 18.2 Å². The van der Waals surface area contributed by atoms with Crippen molar-refractivity contribution in [1.29, 1.82) is 0 Å². The van der Waals surface area contributed by atoms with Gasteiger partial charge >= 0.3 is 0 Å². The van der Waals surface area contributed by atoms with E-state index >= 15 is 0 Å². The maximum absolute atomic E-state index is 13.2. The second kappa shape index (κ2) is 9.12. The molecule has 0 aliphatic heterocycles. The van der Waals surface area contributed by atoms with Gasteiger partial charge in [-0.1, -0.05) is 43.7 Å². The molecule has 0 fully saturated rings. The minimum atomic E-state index is -0.327. The Balaban J connectivity index is 1.73. The molecule has 3 rings (SSSR count). The Kier molecular flexibility index (Phi) is 6.36. The Labute approximate surface area is 158 Å². The second-order valence-electron chi connectivity index (χ2n) is 6.50. The molecular weight excluding hydrogens is 341 g/mol. The van der Waals surface area contributed by atoms with Crippen LogP contribution < -0.4 is 5.56 Å². The summed E-state index contributed by atoms with van der Waals surface area (Å²) in [4.78, 5) is 17.2. The van der Waals surface area contributed by atoms with Gasteiger partial charge < -0.3 is 0 Å². The van der Waals surface area contributed by atoms with Gasteiger partial charge in [-0.25, -0.2) is 9.07 Å². The molecule has 0 aliphatic rings. The number of nitrogens with zero attached hydrogens (tertiary/aromatic N) is 2. The zero-order valence-electron chi connectivity index (χ0n) is 15.5. The highest BCUT2D eigenvalue weighted by atomic mass is 19.1. The van der Waals surface area contributed by atoms with Crippen molar-refractivity contribution in [3.63, 3.8) is 0 Å². The molecule has 0 saturated heterocycles. The van der Waals surface area contributed by atoms with Crippen LogP contribution in [0.15, 0.2) is 64.4 Å². The Morgan fingerprint density at radius 1 is 1.07 bits per heavy atom. The summed E-state index contributed by atoms with van der Waals surface area (Å²) in [6.07, 6.45) is 5.25. The molecular formula is C22H24FN3O. The number of benzene rings is 2. The molecule has 4 nitrogen and oxygen atoms in total. The molecule has 0 amide bonds. The fraction of sp³-hybridized carbons (Fsp3) is 0.273. The van der Waals surface area contributed by atoms with Crippen LogP contribution in [0.25, 0.3) is 5.69 Å². The monoisotopic (exact) mass is 365 g/mol. The topological polar surface area (TPSA) is 50.1 Å². The van der Waals surface area contributed by atoms with Gasteiger partial charge in [0.1, 0.15) is 5.82 Å². The second-order valence-corrected chi connectivity index (χ2v) is 6.50. The lowest BCUT2D eigenvalue weighted by Crippen LogP contribution is -2.17. The van der Waals surface area contributed by atoms with Gasteiger partial charge in [-0.3, -0.25) is 14.9 Å². The number of aryl methyl sites for hydroxylation is 2. The molecule has 0 unspecified atom stereocenters. The smallest absolute Gasteiger partial charge is 0.280 e. The van der Waals surface area contributed by atoms with Crippen LogP contribution in [0.3, 0.4) is 0 Å². The SMILES string of the molecule is CCCc1[nH]n(-c2ccc(F)cc2)c(=O)c1C=NCCCc1ccccc1. The van der Waals surface area contributed by atoms with Crippen LogP contribution in [0, 0.1) is 5.82 Å². The van der Waals surface area contributed by atoms with E-state index in [9.17, 15) is 9.18 Å². The predicted octanol–water partition coefficient (Wildman–Crippen LogP) is 4.31. The summed E-state index contributed by atoms with van der Waals surface area (Å²) >= 11 is 0. The number of rotatable bonds is 8. The molecule has 0 saturated carbocycles. The van der Waals surface area contributed by atoms with Crippen LogP contribution >= 0.6 is 0 Å². The van der Waals surface area contributed by atoms with Gasteiger partial charge in [0, 0.05) is 18.5 Å². The fourth-order valence-electron chi connectivity index (χ4n) is 3.02. The Bertz CT molecular complexity index is 940. The normalized spacial score (nSPS) is 11.3. The molecule has 27 heavy (non-hydrogen) atoms. The molecule has 1 heterocycles. The molecule has 2 aromatic carbocycles. The Morgan fingerprint density at radius 2 is 1.81 bits per heavy atom. The summed E-state index contributed by atoms with van der Waals surface area (Å²) in [5, 5.41) is 3.14. The number of aliphatic imine (C=N–C) groups is 1. The molecule has 140 valence electrons. The van der Waals surface area contributed by atoms with Crippen molar-refractivity contribution in [2.45, 2.75) is 32.6 Å². The van der Waals surface area contributed by atoms with E-state index in [1.54, 1.807) is 18.3 Å². The van der Waals surface area contributed by atoms with Crippen molar-refractivity contribution < 1.29 is 4.39 Å². The number of halogens is 1. The third kappa shape index (κ3) is 4.82. The molecule has 0 bridgehead atoms. The van der Waals surface area contributed by atoms with Gasteiger partial charge in [-0.2, -0.15) is 0 Å². The maximum Gasteiger partial charge on any atom is 0.280 e. The van der Waals surface area contributed by atoms with Crippen molar-refractivity contribution in [2.24, 2.45) is 4.99 Å². The van der Waals surface area contributed by atoms with Crippen molar-refractivity contribution in [3.8, 4) is 5.69 Å². The van der Waals surface area contributed by atoms with Gasteiger partial charge in [-0.05, 0) is 49.1 Å². The number of aromatic amines is 1. The Morgan fingerprint density at radius 3 is 2.52 bits per heavy atom. The lowest BCUT2D eigenvalue weighted by atomic mass is 10.1. The van der Waals surface area contributed by atoms with Gasteiger partial charge in [0.25, 0.3) is 5.56 Å². The van der Waals surface area contributed by atoms with Crippen molar-refractivity contribution in [3.05, 3.63) is 87.6 Å². The van der Waals surface area contributed by atoms with Gasteiger partial charge in [-0.15, -0.1) is 0 Å². The molecule has 1 aromatic heterocycles. The summed E-state index contributed by atoms with van der Waals surface area (Å²) in [5.41, 5.74) is 3.19. The predicted molar refractivity (Wildman–Crippen MR) is 108 cm³/mol. The van der Waals surface area contributed by atoms with E-state index in [4.69, 9.17) is 0 Å². The number of hydrogen-bond acceptors (Lipinski definition) is 2. The van der Waals surface area contributed by atoms with Crippen molar-refractivity contribution in [2.75, 3.05) is 6.54 Å². The highest BCUT2D eigenvalue weighted by Crippen LogP contribution is 2.10. The average Bonchev–Trinajstić information content (AvgIpc) is 2.99. The summed E-state index contributed by atoms with van der Waals surface area (Å²) in [6.45, 7) is 2.73. The first-order valence-electron chi connectivity index (χ1n) is 9.32.